The van der Waals surface area contributed by atoms with E-state index in [0.717, 1.165) is 12.0 Å². The van der Waals surface area contributed by atoms with Gasteiger partial charge in [-0.2, -0.15) is 0 Å². The van der Waals surface area contributed by atoms with E-state index in [1.807, 2.05) is 12.1 Å². The summed E-state index contributed by atoms with van der Waals surface area (Å²) in [5.41, 5.74) is 1.06. The lowest BCUT2D eigenvalue weighted by molar-refractivity contribution is -0.257. The maximum Gasteiger partial charge on any atom is 0.161 e. The largest absolute Gasteiger partial charge is 0.542 e. The van der Waals surface area contributed by atoms with Crippen LogP contribution in [-0.4, -0.2) is 13.1 Å². The van der Waals surface area contributed by atoms with Gasteiger partial charge < -0.3 is 23.8 Å². The third-order valence-electron chi connectivity index (χ3n) is 2.84. The Bertz CT molecular complexity index is 642. The third-order valence-corrected chi connectivity index (χ3v) is 2.84. The number of carboxylic acids is 1. The molecule has 1 heterocycles. The number of carbonyl (C=O) groups is 1. The number of carbonyl (C=O) groups excluding carboxylic acids is 1. The highest BCUT2D eigenvalue weighted by atomic mass is 16.5. The van der Waals surface area contributed by atoms with E-state index < -0.39 is 5.97 Å². The lowest BCUT2D eigenvalue weighted by atomic mass is 10.1. The van der Waals surface area contributed by atoms with E-state index in [2.05, 4.69) is 6.58 Å². The predicted molar refractivity (Wildman–Crippen MR) is 74.3 cm³/mol. The molecule has 0 aliphatic heterocycles. The second-order valence-electron chi connectivity index (χ2n) is 4.32. The minimum atomic E-state index is -1.35. The van der Waals surface area contributed by atoms with Crippen molar-refractivity contribution in [3.05, 3.63) is 60.1 Å². The number of hydrogen-bond donors (Lipinski definition) is 0. The number of furan rings is 1. The fourth-order valence-corrected chi connectivity index (χ4v) is 1.84. The Kier molecular flexibility index (Phi) is 4.66. The van der Waals surface area contributed by atoms with Crippen molar-refractivity contribution in [3.63, 3.8) is 0 Å². The average molecular weight is 287 g/mol. The third kappa shape index (κ3) is 3.66. The lowest BCUT2D eigenvalue weighted by Gasteiger charge is -2.11. The second-order valence-corrected chi connectivity index (χ2v) is 4.32. The van der Waals surface area contributed by atoms with Crippen LogP contribution in [0.4, 0.5) is 0 Å². The Morgan fingerprint density at radius 2 is 2.14 bits per heavy atom. The number of ether oxygens (including phenoxy) is 2. The first-order chi connectivity index (χ1) is 10.1. The summed E-state index contributed by atoms with van der Waals surface area (Å²) >= 11 is 0. The van der Waals surface area contributed by atoms with Crippen LogP contribution in [0, 0.1) is 0 Å². The summed E-state index contributed by atoms with van der Waals surface area (Å²) in [7, 11) is 1.56. The first kappa shape index (κ1) is 14.7. The Balaban J connectivity index is 2.07. The number of aromatic carboxylic acids is 1. The van der Waals surface area contributed by atoms with Crippen molar-refractivity contribution >= 4 is 5.97 Å². The van der Waals surface area contributed by atoms with Crippen molar-refractivity contribution < 1.29 is 23.8 Å². The van der Waals surface area contributed by atoms with E-state index in [4.69, 9.17) is 13.9 Å². The second kappa shape index (κ2) is 6.65. The molecular formula is C16H15O5-. The Morgan fingerprint density at radius 1 is 1.33 bits per heavy atom. The average Bonchev–Trinajstić information content (AvgIpc) is 2.95. The standard InChI is InChI=1S/C16H16O5/c1-3-4-11-5-7-13(15(9-11)19-2)20-10-12-6-8-14(21-12)16(17)18/h3,5-9H,1,4,10H2,2H3,(H,17,18)/p-1. The first-order valence-electron chi connectivity index (χ1n) is 6.34. The Labute approximate surface area is 122 Å². The molecule has 0 bridgehead atoms. The van der Waals surface area contributed by atoms with Crippen LogP contribution < -0.4 is 14.6 Å². The molecule has 1 aromatic carbocycles. The zero-order valence-corrected chi connectivity index (χ0v) is 11.6. The highest BCUT2D eigenvalue weighted by Crippen LogP contribution is 2.29. The summed E-state index contributed by atoms with van der Waals surface area (Å²) in [5, 5.41) is 10.6. The smallest absolute Gasteiger partial charge is 0.161 e. The van der Waals surface area contributed by atoms with Gasteiger partial charge in [0.2, 0.25) is 0 Å². The van der Waals surface area contributed by atoms with Crippen LogP contribution in [0.5, 0.6) is 11.5 Å². The van der Waals surface area contributed by atoms with Crippen LogP contribution in [0.15, 0.2) is 47.4 Å². The summed E-state index contributed by atoms with van der Waals surface area (Å²) in [5.74, 6) is -0.0290. The van der Waals surface area contributed by atoms with E-state index in [0.29, 0.717) is 17.3 Å². The Morgan fingerprint density at radius 3 is 2.76 bits per heavy atom. The first-order valence-corrected chi connectivity index (χ1v) is 6.34. The molecule has 0 fully saturated rings. The number of methoxy groups -OCH3 is 1. The van der Waals surface area contributed by atoms with E-state index in [1.54, 1.807) is 19.3 Å². The molecule has 0 saturated carbocycles. The molecule has 1 aromatic heterocycles. The number of carboxylic acid groups (broad SMARTS) is 1. The number of allylic oxidation sites excluding steroid dienone is 1. The van der Waals surface area contributed by atoms with Crippen molar-refractivity contribution in [2.24, 2.45) is 0 Å². The molecule has 0 atom stereocenters. The van der Waals surface area contributed by atoms with E-state index in [9.17, 15) is 9.90 Å². The molecule has 5 heteroatoms. The van der Waals surface area contributed by atoms with E-state index in [1.165, 1.54) is 12.1 Å². The fraction of sp³-hybridized carbons (Fsp3) is 0.188. The summed E-state index contributed by atoms with van der Waals surface area (Å²) < 4.78 is 15.9. The zero-order valence-electron chi connectivity index (χ0n) is 11.6. The molecule has 5 nitrogen and oxygen atoms in total. The maximum absolute atomic E-state index is 10.6. The molecule has 0 N–H and O–H groups in total. The molecule has 0 amide bonds. The van der Waals surface area contributed by atoms with Crippen LogP contribution in [-0.2, 0) is 13.0 Å². The van der Waals surface area contributed by atoms with Gasteiger partial charge in [-0.15, -0.1) is 6.58 Å². The number of benzene rings is 1. The van der Waals surface area contributed by atoms with Gasteiger partial charge in [-0.3, -0.25) is 0 Å². The molecule has 2 rings (SSSR count). The van der Waals surface area contributed by atoms with Crippen molar-refractivity contribution in [2.45, 2.75) is 13.0 Å². The monoisotopic (exact) mass is 287 g/mol. The molecule has 0 radical (unpaired) electrons. The molecule has 0 saturated heterocycles. The van der Waals surface area contributed by atoms with Crippen molar-refractivity contribution in [3.8, 4) is 11.5 Å². The summed E-state index contributed by atoms with van der Waals surface area (Å²) in [6, 6.07) is 8.43. The minimum absolute atomic E-state index is 0.102. The Hall–Kier alpha value is -2.69. The topological polar surface area (TPSA) is 71.7 Å². The van der Waals surface area contributed by atoms with E-state index in [-0.39, 0.29) is 12.4 Å². The summed E-state index contributed by atoms with van der Waals surface area (Å²) in [6.07, 6.45) is 2.55. The van der Waals surface area contributed by atoms with Crippen LogP contribution in [0.2, 0.25) is 0 Å². The molecule has 110 valence electrons. The quantitative estimate of drug-likeness (QED) is 0.728. The number of hydrogen-bond acceptors (Lipinski definition) is 5. The van der Waals surface area contributed by atoms with Gasteiger partial charge in [0.05, 0.1) is 7.11 Å². The van der Waals surface area contributed by atoms with E-state index >= 15 is 0 Å². The molecular weight excluding hydrogens is 272 g/mol. The van der Waals surface area contributed by atoms with Gasteiger partial charge in [0.25, 0.3) is 0 Å². The summed E-state index contributed by atoms with van der Waals surface area (Å²) in [4.78, 5) is 10.6. The molecule has 0 aliphatic carbocycles. The van der Waals surface area contributed by atoms with Gasteiger partial charge in [-0.1, -0.05) is 12.1 Å². The van der Waals surface area contributed by atoms with Gasteiger partial charge in [0, 0.05) is 0 Å². The van der Waals surface area contributed by atoms with Crippen LogP contribution >= 0.6 is 0 Å². The van der Waals surface area contributed by atoms with Gasteiger partial charge in [0.15, 0.2) is 11.5 Å². The van der Waals surface area contributed by atoms with Crippen molar-refractivity contribution in [1.29, 1.82) is 0 Å². The normalized spacial score (nSPS) is 10.1. The van der Waals surface area contributed by atoms with Crippen molar-refractivity contribution in [2.75, 3.05) is 7.11 Å². The minimum Gasteiger partial charge on any atom is -0.542 e. The van der Waals surface area contributed by atoms with Gasteiger partial charge in [-0.05, 0) is 36.2 Å². The lowest BCUT2D eigenvalue weighted by Crippen LogP contribution is -2.21. The molecule has 0 unspecified atom stereocenters. The van der Waals surface area contributed by atoms with Gasteiger partial charge in [-0.25, -0.2) is 0 Å². The van der Waals surface area contributed by atoms with Crippen LogP contribution in [0.1, 0.15) is 21.9 Å². The number of rotatable bonds is 7. The molecule has 2 aromatic rings. The van der Waals surface area contributed by atoms with Crippen LogP contribution in [0.25, 0.3) is 0 Å². The van der Waals surface area contributed by atoms with Gasteiger partial charge >= 0.3 is 0 Å². The van der Waals surface area contributed by atoms with Gasteiger partial charge in [0.1, 0.15) is 24.1 Å². The zero-order chi connectivity index (χ0) is 15.2. The SMILES string of the molecule is C=CCc1ccc(OCc2ccc(C(=O)[O-])o2)c(OC)c1. The molecule has 0 spiro atoms. The highest BCUT2D eigenvalue weighted by Gasteiger charge is 2.08. The molecule has 21 heavy (non-hydrogen) atoms. The predicted octanol–water partition coefficient (Wildman–Crippen LogP) is 1.96. The van der Waals surface area contributed by atoms with Crippen molar-refractivity contribution in [1.82, 2.24) is 0 Å². The molecule has 0 aliphatic rings. The van der Waals surface area contributed by atoms with Crippen LogP contribution in [0.3, 0.4) is 0 Å². The highest BCUT2D eigenvalue weighted by molar-refractivity contribution is 5.82. The maximum atomic E-state index is 10.6. The summed E-state index contributed by atoms with van der Waals surface area (Å²) in [6.45, 7) is 3.79. The fourth-order valence-electron chi connectivity index (χ4n) is 1.84.